The largest absolute Gasteiger partial charge is 0.319 e. The molecule has 5 heteroatoms. The second-order valence-electron chi connectivity index (χ2n) is 7.68. The zero-order chi connectivity index (χ0) is 17.9. The van der Waals surface area contributed by atoms with Gasteiger partial charge in [0.15, 0.2) is 0 Å². The number of carbonyl (C=O) groups excluding carboxylic acids is 2. The highest BCUT2D eigenvalue weighted by Gasteiger charge is 2.48. The lowest BCUT2D eigenvalue weighted by Gasteiger charge is -2.34. The lowest BCUT2D eigenvalue weighted by molar-refractivity contribution is -0.145. The van der Waals surface area contributed by atoms with Gasteiger partial charge in [-0.1, -0.05) is 56.7 Å². The molecule has 0 unspecified atom stereocenters. The van der Waals surface area contributed by atoms with Gasteiger partial charge in [0.2, 0.25) is 5.96 Å². The van der Waals surface area contributed by atoms with E-state index in [1.165, 1.54) is 12.8 Å². The molecule has 2 amide bonds. The fraction of sp³-hybridized carbons (Fsp3) is 0.571. The van der Waals surface area contributed by atoms with Crippen molar-refractivity contribution < 1.29 is 9.59 Å². The normalized spacial score (nSPS) is 23.0. The zero-order valence-corrected chi connectivity index (χ0v) is 15.3. The van der Waals surface area contributed by atoms with Gasteiger partial charge in [0, 0.05) is 12.1 Å². The fourth-order valence-electron chi connectivity index (χ4n) is 4.57. The Balaban J connectivity index is 1.72. The van der Waals surface area contributed by atoms with Gasteiger partial charge in [-0.3, -0.25) is 19.4 Å². The summed E-state index contributed by atoms with van der Waals surface area (Å²) in [5.74, 6) is -0.181. The molecule has 0 atom stereocenters. The summed E-state index contributed by atoms with van der Waals surface area (Å²) in [4.78, 5) is 34.1. The van der Waals surface area contributed by atoms with Crippen molar-refractivity contribution in [2.75, 3.05) is 0 Å². The van der Waals surface area contributed by atoms with Crippen molar-refractivity contribution in [2.24, 2.45) is 4.99 Å². The third kappa shape index (κ3) is 3.27. The van der Waals surface area contributed by atoms with Crippen LogP contribution in [0.1, 0.15) is 64.2 Å². The molecule has 26 heavy (non-hydrogen) atoms. The van der Waals surface area contributed by atoms with Crippen molar-refractivity contribution >= 4 is 23.5 Å². The minimum absolute atomic E-state index is 0.108. The van der Waals surface area contributed by atoms with Gasteiger partial charge in [-0.2, -0.15) is 0 Å². The topological polar surface area (TPSA) is 53.0 Å². The van der Waals surface area contributed by atoms with Crippen LogP contribution in [0.3, 0.4) is 0 Å². The molecular formula is C21H27N3O2. The molecule has 1 saturated heterocycles. The van der Waals surface area contributed by atoms with Crippen LogP contribution in [0.5, 0.6) is 0 Å². The molecule has 138 valence electrons. The minimum atomic E-state index is -0.378. The number of para-hydroxylation sites is 1. The molecular weight excluding hydrogens is 326 g/mol. The summed E-state index contributed by atoms with van der Waals surface area (Å²) in [6, 6.07) is 9.90. The van der Waals surface area contributed by atoms with E-state index in [0.29, 0.717) is 5.96 Å². The van der Waals surface area contributed by atoms with E-state index in [9.17, 15) is 9.59 Å². The average Bonchev–Trinajstić information content (AvgIpc) is 2.94. The molecule has 5 nitrogen and oxygen atoms in total. The predicted molar refractivity (Wildman–Crippen MR) is 101 cm³/mol. The van der Waals surface area contributed by atoms with E-state index >= 15 is 0 Å². The second-order valence-corrected chi connectivity index (χ2v) is 7.68. The summed E-state index contributed by atoms with van der Waals surface area (Å²) in [5, 5.41) is 0. The van der Waals surface area contributed by atoms with E-state index < -0.39 is 0 Å². The summed E-state index contributed by atoms with van der Waals surface area (Å²) in [7, 11) is 0. The van der Waals surface area contributed by atoms with Gasteiger partial charge in [-0.15, -0.1) is 0 Å². The van der Waals surface area contributed by atoms with Gasteiger partial charge >= 0.3 is 11.8 Å². The minimum Gasteiger partial charge on any atom is -0.271 e. The van der Waals surface area contributed by atoms with Crippen LogP contribution in [0.15, 0.2) is 35.3 Å². The maximum Gasteiger partial charge on any atom is 0.319 e. The van der Waals surface area contributed by atoms with Gasteiger partial charge in [0.05, 0.1) is 5.69 Å². The number of aliphatic imine (C=N–C) groups is 1. The number of carbonyl (C=O) groups is 2. The molecule has 2 saturated carbocycles. The number of hydrogen-bond donors (Lipinski definition) is 0. The van der Waals surface area contributed by atoms with E-state index in [-0.39, 0.29) is 23.9 Å². The first kappa shape index (κ1) is 17.3. The first-order valence-corrected chi connectivity index (χ1v) is 10.1. The van der Waals surface area contributed by atoms with E-state index in [0.717, 1.165) is 57.1 Å². The molecule has 2 aliphatic carbocycles. The maximum atomic E-state index is 12.9. The maximum absolute atomic E-state index is 12.9. The predicted octanol–water partition coefficient (Wildman–Crippen LogP) is 4.01. The van der Waals surface area contributed by atoms with E-state index in [1.807, 2.05) is 30.3 Å². The van der Waals surface area contributed by atoms with Crippen molar-refractivity contribution in [3.05, 3.63) is 30.3 Å². The first-order valence-electron chi connectivity index (χ1n) is 10.1. The van der Waals surface area contributed by atoms with Crippen molar-refractivity contribution in [1.29, 1.82) is 0 Å². The molecule has 1 heterocycles. The van der Waals surface area contributed by atoms with E-state index in [4.69, 9.17) is 4.99 Å². The van der Waals surface area contributed by atoms with Crippen LogP contribution in [0.2, 0.25) is 0 Å². The Hall–Kier alpha value is -2.17. The van der Waals surface area contributed by atoms with Gasteiger partial charge < -0.3 is 0 Å². The molecule has 3 fully saturated rings. The van der Waals surface area contributed by atoms with Crippen LogP contribution in [0, 0.1) is 0 Å². The quantitative estimate of drug-likeness (QED) is 0.771. The smallest absolute Gasteiger partial charge is 0.271 e. The van der Waals surface area contributed by atoms with Crippen LogP contribution in [0.4, 0.5) is 5.69 Å². The molecule has 0 bridgehead atoms. The molecule has 1 aromatic rings. The van der Waals surface area contributed by atoms with Crippen molar-refractivity contribution in [3.63, 3.8) is 0 Å². The molecule has 4 rings (SSSR count). The number of hydrogen-bond acceptors (Lipinski definition) is 3. The third-order valence-corrected chi connectivity index (χ3v) is 5.92. The Labute approximate surface area is 155 Å². The molecule has 0 N–H and O–H groups in total. The SMILES string of the molecule is O=C1C(=O)N(C2CCCCC2)C(=Nc2ccccc2)N1C1CCCCC1. The number of benzene rings is 1. The lowest BCUT2D eigenvalue weighted by atomic mass is 9.94. The van der Waals surface area contributed by atoms with Crippen molar-refractivity contribution in [2.45, 2.75) is 76.3 Å². The first-order chi connectivity index (χ1) is 12.8. The Morgan fingerprint density at radius 2 is 1.15 bits per heavy atom. The molecule has 0 spiro atoms. The number of rotatable bonds is 3. The number of amides is 2. The summed E-state index contributed by atoms with van der Waals surface area (Å²) in [5.41, 5.74) is 0.798. The van der Waals surface area contributed by atoms with Crippen molar-refractivity contribution in [1.82, 2.24) is 9.80 Å². The monoisotopic (exact) mass is 353 g/mol. The molecule has 1 aromatic carbocycles. The third-order valence-electron chi connectivity index (χ3n) is 5.92. The lowest BCUT2D eigenvalue weighted by Crippen LogP contribution is -2.46. The van der Waals surface area contributed by atoms with Crippen molar-refractivity contribution in [3.8, 4) is 0 Å². The molecule has 0 aromatic heterocycles. The van der Waals surface area contributed by atoms with Crippen LogP contribution < -0.4 is 0 Å². The average molecular weight is 353 g/mol. The zero-order valence-electron chi connectivity index (χ0n) is 15.3. The molecule has 1 aliphatic heterocycles. The number of guanidine groups is 1. The highest BCUT2D eigenvalue weighted by Crippen LogP contribution is 2.32. The van der Waals surface area contributed by atoms with Crippen LogP contribution in [-0.2, 0) is 9.59 Å². The van der Waals surface area contributed by atoms with Crippen LogP contribution in [0.25, 0.3) is 0 Å². The summed E-state index contributed by atoms with van der Waals surface area (Å²) < 4.78 is 0. The number of nitrogens with zero attached hydrogens (tertiary/aromatic N) is 3. The fourth-order valence-corrected chi connectivity index (χ4v) is 4.57. The van der Waals surface area contributed by atoms with Gasteiger partial charge in [0.1, 0.15) is 0 Å². The van der Waals surface area contributed by atoms with Crippen LogP contribution in [-0.4, -0.2) is 39.7 Å². The summed E-state index contributed by atoms with van der Waals surface area (Å²) >= 11 is 0. The molecule has 3 aliphatic rings. The summed E-state index contributed by atoms with van der Waals surface area (Å²) in [6.45, 7) is 0. The Morgan fingerprint density at radius 1 is 0.692 bits per heavy atom. The van der Waals surface area contributed by atoms with E-state index in [1.54, 1.807) is 9.80 Å². The van der Waals surface area contributed by atoms with Crippen LogP contribution >= 0.6 is 0 Å². The Kier molecular flexibility index (Phi) is 5.05. The van der Waals surface area contributed by atoms with Gasteiger partial charge in [-0.25, -0.2) is 4.99 Å². The van der Waals surface area contributed by atoms with Gasteiger partial charge in [-0.05, 0) is 37.8 Å². The highest BCUT2D eigenvalue weighted by atomic mass is 16.2. The highest BCUT2D eigenvalue weighted by molar-refractivity contribution is 6.45. The standard InChI is InChI=1S/C21H27N3O2/c25-19-20(26)24(18-14-8-3-9-15-18)21(22-16-10-4-1-5-11-16)23(19)17-12-6-2-7-13-17/h1,4-5,10-11,17-18H,2-3,6-9,12-15H2. The summed E-state index contributed by atoms with van der Waals surface area (Å²) in [6.07, 6.45) is 10.7. The van der Waals surface area contributed by atoms with E-state index in [2.05, 4.69) is 0 Å². The Bertz CT molecular complexity index is 650. The van der Waals surface area contributed by atoms with Gasteiger partial charge in [0.25, 0.3) is 0 Å². The molecule has 0 radical (unpaired) electrons. The Morgan fingerprint density at radius 3 is 1.62 bits per heavy atom. The second kappa shape index (κ2) is 7.60.